The Labute approximate surface area is 145 Å². The second-order valence-electron chi connectivity index (χ2n) is 6.06. The van der Waals surface area contributed by atoms with Crippen molar-refractivity contribution in [1.82, 2.24) is 15.4 Å². The molecule has 136 valence electrons. The van der Waals surface area contributed by atoms with Gasteiger partial charge in [0.25, 0.3) is 0 Å². The van der Waals surface area contributed by atoms with Crippen LogP contribution >= 0.6 is 0 Å². The Morgan fingerprint density at radius 1 is 0.833 bits per heavy atom. The Morgan fingerprint density at radius 3 is 1.83 bits per heavy atom. The summed E-state index contributed by atoms with van der Waals surface area (Å²) in [5.41, 5.74) is 4.63. The van der Waals surface area contributed by atoms with Crippen LogP contribution in [0.1, 0.15) is 34.2 Å². The Hall–Kier alpha value is -1.44. The van der Waals surface area contributed by atoms with E-state index in [1.165, 1.54) is 0 Å². The minimum Gasteiger partial charge on any atom is -0.355 e. The summed E-state index contributed by atoms with van der Waals surface area (Å²) in [5, 5.41) is 5.65. The maximum absolute atomic E-state index is 12.7. The number of carbonyl (C=O) groups is 1. The highest BCUT2D eigenvalue weighted by Crippen LogP contribution is 2.29. The molecule has 0 bridgehead atoms. The van der Waals surface area contributed by atoms with Gasteiger partial charge in [0, 0.05) is 26.1 Å². The predicted molar refractivity (Wildman–Crippen MR) is 96.9 cm³/mol. The van der Waals surface area contributed by atoms with E-state index in [-0.39, 0.29) is 18.9 Å². The number of carbonyl (C=O) groups excluding carboxylic acids is 1. The number of rotatable bonds is 8. The van der Waals surface area contributed by atoms with Crippen LogP contribution in [0.25, 0.3) is 0 Å². The van der Waals surface area contributed by atoms with Gasteiger partial charge in [-0.15, -0.1) is 0 Å². The van der Waals surface area contributed by atoms with E-state index < -0.39 is 10.0 Å². The van der Waals surface area contributed by atoms with Gasteiger partial charge >= 0.3 is 0 Å². The zero-order valence-electron chi connectivity index (χ0n) is 15.5. The van der Waals surface area contributed by atoms with Crippen LogP contribution < -0.4 is 15.4 Å². The summed E-state index contributed by atoms with van der Waals surface area (Å²) in [4.78, 5) is 12.0. The molecule has 1 amide bonds. The average molecular weight is 356 g/mol. The summed E-state index contributed by atoms with van der Waals surface area (Å²) in [6.07, 6.45) is 0.116. The van der Waals surface area contributed by atoms with Crippen LogP contribution in [0, 0.1) is 34.6 Å². The van der Waals surface area contributed by atoms with Crippen molar-refractivity contribution >= 4 is 15.9 Å². The van der Waals surface area contributed by atoms with Crippen LogP contribution in [0.5, 0.6) is 0 Å². The van der Waals surface area contributed by atoms with E-state index in [4.69, 9.17) is 0 Å². The van der Waals surface area contributed by atoms with Gasteiger partial charge in [0.2, 0.25) is 15.9 Å². The first-order valence-electron chi connectivity index (χ1n) is 8.11. The molecule has 0 spiro atoms. The average Bonchev–Trinajstić information content (AvgIpc) is 2.51. The molecule has 0 aliphatic carbocycles. The smallest absolute Gasteiger partial charge is 0.241 e. The SMILES string of the molecule is CNCCNC(=O)CCNS(=O)(=O)c1c(C)c(C)c(C)c(C)c1C. The van der Waals surface area contributed by atoms with Gasteiger partial charge in [0.1, 0.15) is 0 Å². The fourth-order valence-corrected chi connectivity index (χ4v) is 4.28. The maximum atomic E-state index is 12.7. The molecule has 0 atom stereocenters. The van der Waals surface area contributed by atoms with Gasteiger partial charge < -0.3 is 10.6 Å². The molecule has 0 saturated carbocycles. The maximum Gasteiger partial charge on any atom is 0.241 e. The van der Waals surface area contributed by atoms with Gasteiger partial charge in [-0.1, -0.05) is 0 Å². The quantitative estimate of drug-likeness (QED) is 0.612. The summed E-state index contributed by atoms with van der Waals surface area (Å²) in [5.74, 6) is -0.169. The third-order valence-electron chi connectivity index (χ3n) is 4.54. The lowest BCUT2D eigenvalue weighted by atomic mass is 9.95. The zero-order chi connectivity index (χ0) is 18.5. The number of hydrogen-bond acceptors (Lipinski definition) is 4. The minimum atomic E-state index is -3.65. The molecule has 0 unspecified atom stereocenters. The van der Waals surface area contributed by atoms with E-state index in [0.29, 0.717) is 18.0 Å². The molecule has 0 aliphatic rings. The third-order valence-corrected chi connectivity index (χ3v) is 6.28. The summed E-state index contributed by atoms with van der Waals surface area (Å²) in [6, 6.07) is 0. The molecule has 6 nitrogen and oxygen atoms in total. The lowest BCUT2D eigenvalue weighted by Gasteiger charge is -2.19. The van der Waals surface area contributed by atoms with Crippen molar-refractivity contribution in [2.75, 3.05) is 26.7 Å². The van der Waals surface area contributed by atoms with E-state index >= 15 is 0 Å². The largest absolute Gasteiger partial charge is 0.355 e. The molecule has 0 fully saturated rings. The fourth-order valence-electron chi connectivity index (χ4n) is 2.66. The van der Waals surface area contributed by atoms with Crippen molar-refractivity contribution in [3.63, 3.8) is 0 Å². The lowest BCUT2D eigenvalue weighted by Crippen LogP contribution is -2.34. The van der Waals surface area contributed by atoms with E-state index in [1.807, 2.05) is 34.6 Å². The molecular weight excluding hydrogens is 326 g/mol. The molecule has 0 heterocycles. The molecule has 1 aromatic carbocycles. The monoisotopic (exact) mass is 355 g/mol. The first kappa shape index (κ1) is 20.6. The number of likely N-dealkylation sites (N-methyl/N-ethyl adjacent to an activating group) is 1. The van der Waals surface area contributed by atoms with Crippen LogP contribution in [0.3, 0.4) is 0 Å². The van der Waals surface area contributed by atoms with E-state index in [2.05, 4.69) is 15.4 Å². The predicted octanol–water partition coefficient (Wildman–Crippen LogP) is 1.23. The standard InChI is InChI=1S/C17H29N3O3S/c1-11-12(2)14(4)17(15(5)13(11)3)24(22,23)20-8-7-16(21)19-10-9-18-6/h18,20H,7-10H2,1-6H3,(H,19,21). The van der Waals surface area contributed by atoms with Gasteiger partial charge in [-0.25, -0.2) is 13.1 Å². The Morgan fingerprint density at radius 2 is 1.33 bits per heavy atom. The third kappa shape index (κ3) is 4.78. The Bertz CT molecular complexity index is 683. The highest BCUT2D eigenvalue weighted by molar-refractivity contribution is 7.89. The van der Waals surface area contributed by atoms with Gasteiger partial charge in [0.15, 0.2) is 0 Å². The van der Waals surface area contributed by atoms with Crippen molar-refractivity contribution < 1.29 is 13.2 Å². The lowest BCUT2D eigenvalue weighted by molar-refractivity contribution is -0.120. The van der Waals surface area contributed by atoms with Gasteiger partial charge in [-0.2, -0.15) is 0 Å². The van der Waals surface area contributed by atoms with Crippen LogP contribution in [-0.2, 0) is 14.8 Å². The minimum absolute atomic E-state index is 0.0819. The topological polar surface area (TPSA) is 87.3 Å². The first-order valence-corrected chi connectivity index (χ1v) is 9.59. The molecule has 1 aromatic rings. The summed E-state index contributed by atoms with van der Waals surface area (Å²) in [7, 11) is -1.84. The number of hydrogen-bond donors (Lipinski definition) is 3. The van der Waals surface area contributed by atoms with Crippen molar-refractivity contribution in [1.29, 1.82) is 0 Å². The summed E-state index contributed by atoms with van der Waals surface area (Å²) in [6.45, 7) is 10.8. The summed E-state index contributed by atoms with van der Waals surface area (Å²) >= 11 is 0. The van der Waals surface area contributed by atoms with E-state index in [9.17, 15) is 13.2 Å². The molecule has 0 aromatic heterocycles. The van der Waals surface area contributed by atoms with Crippen molar-refractivity contribution in [3.05, 3.63) is 27.8 Å². The van der Waals surface area contributed by atoms with Crippen molar-refractivity contribution in [2.45, 2.75) is 45.9 Å². The number of sulfonamides is 1. The van der Waals surface area contributed by atoms with Gasteiger partial charge in [0.05, 0.1) is 4.90 Å². The number of benzene rings is 1. The fraction of sp³-hybridized carbons (Fsp3) is 0.588. The molecule has 1 rings (SSSR count). The summed E-state index contributed by atoms with van der Waals surface area (Å²) < 4.78 is 27.9. The molecular formula is C17H29N3O3S. The zero-order valence-corrected chi connectivity index (χ0v) is 16.3. The number of nitrogens with one attached hydrogen (secondary N) is 3. The van der Waals surface area contributed by atoms with Crippen LogP contribution in [-0.4, -0.2) is 41.0 Å². The van der Waals surface area contributed by atoms with Gasteiger partial charge in [-0.05, 0) is 69.5 Å². The van der Waals surface area contributed by atoms with Crippen molar-refractivity contribution in [3.8, 4) is 0 Å². The van der Waals surface area contributed by atoms with Crippen LogP contribution in [0.2, 0.25) is 0 Å². The van der Waals surface area contributed by atoms with Crippen LogP contribution in [0.15, 0.2) is 4.90 Å². The van der Waals surface area contributed by atoms with E-state index in [0.717, 1.165) is 27.8 Å². The normalized spacial score (nSPS) is 11.6. The molecule has 24 heavy (non-hydrogen) atoms. The first-order chi connectivity index (χ1) is 11.1. The second kappa shape index (κ2) is 8.60. The second-order valence-corrected chi connectivity index (χ2v) is 7.76. The Balaban J connectivity index is 2.86. The molecule has 0 aliphatic heterocycles. The molecule has 0 radical (unpaired) electrons. The molecule has 3 N–H and O–H groups in total. The van der Waals surface area contributed by atoms with Crippen LogP contribution in [0.4, 0.5) is 0 Å². The molecule has 0 saturated heterocycles. The molecule has 7 heteroatoms. The Kier molecular flexibility index (Phi) is 7.38. The highest BCUT2D eigenvalue weighted by Gasteiger charge is 2.23. The highest BCUT2D eigenvalue weighted by atomic mass is 32.2. The number of amides is 1. The van der Waals surface area contributed by atoms with Crippen molar-refractivity contribution in [2.24, 2.45) is 0 Å². The van der Waals surface area contributed by atoms with E-state index in [1.54, 1.807) is 7.05 Å². The van der Waals surface area contributed by atoms with Gasteiger partial charge in [-0.3, -0.25) is 4.79 Å².